The Bertz CT molecular complexity index is 1670. The third-order valence-electron chi connectivity index (χ3n) is 6.55. The van der Waals surface area contributed by atoms with Gasteiger partial charge in [0.15, 0.2) is 5.17 Å². The molecule has 10 nitrogen and oxygen atoms in total. The van der Waals surface area contributed by atoms with Crippen molar-refractivity contribution in [2.45, 2.75) is 38.3 Å². The van der Waals surface area contributed by atoms with Gasteiger partial charge in [0, 0.05) is 11.9 Å². The zero-order valence-electron chi connectivity index (χ0n) is 23.9. The third-order valence-corrected chi connectivity index (χ3v) is 7.79. The Kier molecular flexibility index (Phi) is 9.60. The molecule has 5 rings (SSSR count). The van der Waals surface area contributed by atoms with Crippen molar-refractivity contribution in [2.24, 2.45) is 4.99 Å². The van der Waals surface area contributed by atoms with Crippen LogP contribution in [0.15, 0.2) is 96.2 Å². The summed E-state index contributed by atoms with van der Waals surface area (Å²) >= 11 is 1.24. The molecule has 0 aliphatic carbocycles. The maximum atomic E-state index is 13.8. The van der Waals surface area contributed by atoms with Crippen LogP contribution in [0.25, 0.3) is 0 Å². The highest BCUT2D eigenvalue weighted by Gasteiger charge is 2.39. The summed E-state index contributed by atoms with van der Waals surface area (Å²) in [6, 6.07) is 21.0. The fourth-order valence-corrected chi connectivity index (χ4v) is 5.39. The number of benzene rings is 3. The van der Waals surface area contributed by atoms with E-state index in [0.717, 1.165) is 11.3 Å². The van der Waals surface area contributed by atoms with Crippen LogP contribution >= 0.6 is 11.8 Å². The van der Waals surface area contributed by atoms with Gasteiger partial charge in [-0.2, -0.15) is 0 Å². The minimum absolute atomic E-state index is 0.0882. The third kappa shape index (κ3) is 7.84. The molecule has 1 saturated heterocycles. The second-order valence-electron chi connectivity index (χ2n) is 9.98. The number of thioether (sulfide) groups is 1. The highest BCUT2D eigenvalue weighted by Crippen LogP contribution is 2.41. The molecule has 1 unspecified atom stereocenters. The molecule has 2 atom stereocenters. The average molecular weight is 613 g/mol. The molecular weight excluding hydrogens is 583 g/mol. The van der Waals surface area contributed by atoms with Gasteiger partial charge in [-0.25, -0.2) is 14.2 Å². The lowest BCUT2D eigenvalue weighted by molar-refractivity contribution is -0.126. The standard InChI is InChI=1S/C32H29FN6O4S/c1-20-16-35-27(17-34-20)18-39-30(41)28(44-31(39)38-26-10-6-9-24(33)15-26)23-11-13-25(14-12-23)37-29(40)21(2)36-32(42)43-19-22-7-4-3-5-8-22/h3-17,21,28H,18-19H2,1-2H3,(H,36,42)(H,37,40)/t21-,28?/m1/s1. The van der Waals surface area contributed by atoms with Crippen molar-refractivity contribution >= 4 is 46.2 Å². The Hall–Kier alpha value is -5.10. The number of hydrogen-bond donors (Lipinski definition) is 2. The van der Waals surface area contributed by atoms with Crippen LogP contribution in [0.3, 0.4) is 0 Å². The molecule has 12 heteroatoms. The molecule has 44 heavy (non-hydrogen) atoms. The van der Waals surface area contributed by atoms with Crippen molar-refractivity contribution in [1.29, 1.82) is 0 Å². The van der Waals surface area contributed by atoms with E-state index in [1.54, 1.807) is 55.7 Å². The number of ether oxygens (including phenoxy) is 1. The number of rotatable bonds is 9. The number of aryl methyl sites for hydroxylation is 1. The van der Waals surface area contributed by atoms with E-state index in [-0.39, 0.29) is 19.1 Å². The first-order valence-electron chi connectivity index (χ1n) is 13.7. The fraction of sp³-hybridized carbons (Fsp3) is 0.188. The zero-order valence-corrected chi connectivity index (χ0v) is 24.8. The predicted molar refractivity (Wildman–Crippen MR) is 165 cm³/mol. The highest BCUT2D eigenvalue weighted by atomic mass is 32.2. The Morgan fingerprint density at radius 3 is 2.52 bits per heavy atom. The quantitative estimate of drug-likeness (QED) is 0.249. The minimum atomic E-state index is -0.857. The number of carbonyl (C=O) groups is 3. The summed E-state index contributed by atoms with van der Waals surface area (Å²) in [4.78, 5) is 53.2. The second-order valence-corrected chi connectivity index (χ2v) is 11.1. The Labute approximate surface area is 257 Å². The minimum Gasteiger partial charge on any atom is -0.445 e. The molecule has 3 aromatic carbocycles. The van der Waals surface area contributed by atoms with Crippen molar-refractivity contribution in [1.82, 2.24) is 20.2 Å². The monoisotopic (exact) mass is 612 g/mol. The van der Waals surface area contributed by atoms with Crippen LogP contribution < -0.4 is 10.6 Å². The summed E-state index contributed by atoms with van der Waals surface area (Å²) in [6.45, 7) is 3.61. The van der Waals surface area contributed by atoms with Crippen molar-refractivity contribution in [3.63, 3.8) is 0 Å². The van der Waals surface area contributed by atoms with Crippen molar-refractivity contribution < 1.29 is 23.5 Å². The molecule has 2 N–H and O–H groups in total. The zero-order chi connectivity index (χ0) is 31.1. The molecule has 0 spiro atoms. The molecule has 1 aromatic heterocycles. The normalized spacial score (nSPS) is 16.1. The SMILES string of the molecule is Cc1cnc(CN2C(=O)C(c3ccc(NC(=O)[C@@H](C)NC(=O)OCc4ccccc4)cc3)SC2=Nc2cccc(F)c2)cn1. The summed E-state index contributed by atoms with van der Waals surface area (Å²) in [6.07, 6.45) is 2.53. The van der Waals surface area contributed by atoms with Crippen molar-refractivity contribution in [3.05, 3.63) is 120 Å². The number of amidine groups is 1. The lowest BCUT2D eigenvalue weighted by Gasteiger charge is -2.16. The smallest absolute Gasteiger partial charge is 0.408 e. The molecule has 1 fully saturated rings. The molecule has 0 saturated carbocycles. The Morgan fingerprint density at radius 2 is 1.82 bits per heavy atom. The number of carbonyl (C=O) groups excluding carboxylic acids is 3. The first-order valence-corrected chi connectivity index (χ1v) is 14.6. The maximum Gasteiger partial charge on any atom is 0.408 e. The number of nitrogens with zero attached hydrogens (tertiary/aromatic N) is 4. The van der Waals surface area contributed by atoms with Gasteiger partial charge in [0.25, 0.3) is 0 Å². The second kappa shape index (κ2) is 13.9. The van der Waals surface area contributed by atoms with Gasteiger partial charge in [0.1, 0.15) is 23.7 Å². The van der Waals surface area contributed by atoms with Crippen molar-refractivity contribution in [3.8, 4) is 0 Å². The van der Waals surface area contributed by atoms with E-state index in [2.05, 4.69) is 25.6 Å². The summed E-state index contributed by atoms with van der Waals surface area (Å²) < 4.78 is 19.0. The van der Waals surface area contributed by atoms with Crippen LogP contribution in [-0.4, -0.2) is 44.0 Å². The highest BCUT2D eigenvalue weighted by molar-refractivity contribution is 8.15. The van der Waals surface area contributed by atoms with Gasteiger partial charge in [-0.1, -0.05) is 60.3 Å². The Morgan fingerprint density at radius 1 is 1.05 bits per heavy atom. The van der Waals surface area contributed by atoms with Crippen LogP contribution in [0, 0.1) is 12.7 Å². The van der Waals surface area contributed by atoms with Gasteiger partial charge >= 0.3 is 6.09 Å². The molecule has 0 bridgehead atoms. The summed E-state index contributed by atoms with van der Waals surface area (Å²) in [7, 11) is 0. The molecule has 1 aliphatic heterocycles. The lowest BCUT2D eigenvalue weighted by atomic mass is 10.1. The molecular formula is C32H29FN6O4S. The largest absolute Gasteiger partial charge is 0.445 e. The van der Waals surface area contributed by atoms with Crippen LogP contribution in [-0.2, 0) is 27.5 Å². The molecule has 3 amide bonds. The number of aromatic nitrogens is 2. The number of anilines is 1. The number of alkyl carbamates (subject to hydrolysis) is 1. The lowest BCUT2D eigenvalue weighted by Crippen LogP contribution is -2.41. The van der Waals surface area contributed by atoms with E-state index in [1.807, 2.05) is 37.3 Å². The van der Waals surface area contributed by atoms with Crippen LogP contribution in [0.1, 0.15) is 34.7 Å². The van der Waals surface area contributed by atoms with E-state index in [1.165, 1.54) is 28.8 Å². The maximum absolute atomic E-state index is 13.8. The van der Waals surface area contributed by atoms with Crippen molar-refractivity contribution in [2.75, 3.05) is 5.32 Å². The average Bonchev–Trinajstić information content (AvgIpc) is 3.32. The van der Waals surface area contributed by atoms with Gasteiger partial charge in [-0.3, -0.25) is 24.5 Å². The molecule has 4 aromatic rings. The van der Waals surface area contributed by atoms with E-state index in [0.29, 0.717) is 27.8 Å². The number of halogens is 1. The summed E-state index contributed by atoms with van der Waals surface area (Å²) in [5.74, 6) is -1.08. The number of nitrogens with one attached hydrogen (secondary N) is 2. The molecule has 1 aliphatic rings. The van der Waals surface area contributed by atoms with Gasteiger partial charge in [0.2, 0.25) is 11.8 Å². The van der Waals surface area contributed by atoms with Gasteiger partial charge in [0.05, 0.1) is 29.8 Å². The van der Waals surface area contributed by atoms with Gasteiger partial charge in [-0.05, 0) is 55.3 Å². The van der Waals surface area contributed by atoms with E-state index in [9.17, 15) is 18.8 Å². The molecule has 2 heterocycles. The Balaban J connectivity index is 1.24. The number of hydrogen-bond acceptors (Lipinski definition) is 8. The summed E-state index contributed by atoms with van der Waals surface area (Å²) in [5, 5.41) is 5.06. The molecule has 224 valence electrons. The van der Waals surface area contributed by atoms with E-state index in [4.69, 9.17) is 4.74 Å². The summed E-state index contributed by atoms with van der Waals surface area (Å²) in [5.41, 5.74) is 3.73. The number of aliphatic imine (C=N–C) groups is 1. The topological polar surface area (TPSA) is 126 Å². The number of amides is 3. The van der Waals surface area contributed by atoms with Gasteiger partial charge in [-0.15, -0.1) is 0 Å². The van der Waals surface area contributed by atoms with E-state index >= 15 is 0 Å². The first kappa shape index (κ1) is 30.4. The van der Waals surface area contributed by atoms with Gasteiger partial charge < -0.3 is 15.4 Å². The first-order chi connectivity index (χ1) is 21.2. The van der Waals surface area contributed by atoms with Crippen LogP contribution in [0.4, 0.5) is 20.6 Å². The molecule has 0 radical (unpaired) electrons. The van der Waals surface area contributed by atoms with Crippen LogP contribution in [0.5, 0.6) is 0 Å². The van der Waals surface area contributed by atoms with Crippen LogP contribution in [0.2, 0.25) is 0 Å². The predicted octanol–water partition coefficient (Wildman–Crippen LogP) is 5.68. The van der Waals surface area contributed by atoms with E-state index < -0.39 is 29.1 Å². The fourth-order valence-electron chi connectivity index (χ4n) is 4.22.